The van der Waals surface area contributed by atoms with E-state index in [9.17, 15) is 4.79 Å². The van der Waals surface area contributed by atoms with Crippen LogP contribution in [0.2, 0.25) is 0 Å². The Bertz CT molecular complexity index is 351. The molecule has 0 saturated carbocycles. The first-order valence-electron chi connectivity index (χ1n) is 2.65. The van der Waals surface area contributed by atoms with Crippen molar-refractivity contribution in [2.45, 2.75) is 0 Å². The van der Waals surface area contributed by atoms with Crippen LogP contribution in [0.1, 0.15) is 0 Å². The summed E-state index contributed by atoms with van der Waals surface area (Å²) in [6.45, 7) is 0. The minimum Gasteiger partial charge on any atom is -0.285 e. The van der Waals surface area contributed by atoms with Crippen LogP contribution in [-0.4, -0.2) is 14.3 Å². The van der Waals surface area contributed by atoms with Gasteiger partial charge in [-0.25, -0.2) is 4.68 Å². The van der Waals surface area contributed by atoms with E-state index in [4.69, 9.17) is 12.2 Å². The predicted molar refractivity (Wildman–Crippen MR) is 38.1 cm³/mol. The Morgan fingerprint density at radius 2 is 2.20 bits per heavy atom. The molecule has 0 atom stereocenters. The molecule has 5 heteroatoms. The van der Waals surface area contributed by atoms with Crippen molar-refractivity contribution in [3.8, 4) is 0 Å². The van der Waals surface area contributed by atoms with Crippen molar-refractivity contribution in [1.29, 1.82) is 0 Å². The van der Waals surface area contributed by atoms with Crippen molar-refractivity contribution in [3.63, 3.8) is 0 Å². The van der Waals surface area contributed by atoms with Gasteiger partial charge in [0.1, 0.15) is 0 Å². The summed E-state index contributed by atoms with van der Waals surface area (Å²) < 4.78 is 3.11. The number of aromatic nitrogens is 3. The van der Waals surface area contributed by atoms with Gasteiger partial charge in [0, 0.05) is 14.1 Å². The maximum Gasteiger partial charge on any atom is 0.282 e. The Hall–Kier alpha value is -0.970. The topological polar surface area (TPSA) is 39.8 Å². The first-order chi connectivity index (χ1) is 4.63. The van der Waals surface area contributed by atoms with Crippen LogP contribution in [-0.2, 0) is 14.1 Å². The number of aryl methyl sites for hydroxylation is 1. The molecule has 1 rings (SSSR count). The zero-order valence-corrected chi connectivity index (χ0v) is 6.47. The molecule has 1 aromatic rings. The molecule has 1 radical (unpaired) electrons. The molecule has 0 fully saturated rings. The van der Waals surface area contributed by atoms with E-state index in [1.54, 1.807) is 14.1 Å². The summed E-state index contributed by atoms with van der Waals surface area (Å²) in [6.07, 6.45) is 2.26. The van der Waals surface area contributed by atoms with Crippen molar-refractivity contribution in [2.24, 2.45) is 14.1 Å². The van der Waals surface area contributed by atoms with E-state index < -0.39 is 0 Å². The average molecular weight is 156 g/mol. The fourth-order valence-corrected chi connectivity index (χ4v) is 0.663. The molecule has 1 heterocycles. The van der Waals surface area contributed by atoms with Gasteiger partial charge in [-0.3, -0.25) is 9.36 Å². The molecule has 0 amide bonds. The minimum atomic E-state index is -0.303. The van der Waals surface area contributed by atoms with Crippen molar-refractivity contribution in [1.82, 2.24) is 14.3 Å². The van der Waals surface area contributed by atoms with Crippen LogP contribution in [0.3, 0.4) is 0 Å². The second kappa shape index (κ2) is 2.34. The van der Waals surface area contributed by atoms with Crippen molar-refractivity contribution >= 4 is 12.2 Å². The average Bonchev–Trinajstić information content (AvgIpc) is 1.93. The highest BCUT2D eigenvalue weighted by Crippen LogP contribution is 1.77. The van der Waals surface area contributed by atoms with E-state index in [1.165, 1.54) is 9.25 Å². The molecular formula is C5H6N3OS. The summed E-state index contributed by atoms with van der Waals surface area (Å²) in [5.74, 6) is 0. The lowest BCUT2D eigenvalue weighted by atomic mass is 10.8. The number of hydrogen-bond acceptors (Lipinski definition) is 3. The highest BCUT2D eigenvalue weighted by atomic mass is 32.1. The van der Waals surface area contributed by atoms with Crippen molar-refractivity contribution < 1.29 is 0 Å². The summed E-state index contributed by atoms with van der Waals surface area (Å²) in [6, 6.07) is 0. The third-order valence-electron chi connectivity index (χ3n) is 1.16. The molecule has 1 aromatic heterocycles. The maximum atomic E-state index is 10.8. The first kappa shape index (κ1) is 7.14. The van der Waals surface area contributed by atoms with Gasteiger partial charge in [-0.15, -0.1) is 0 Å². The monoisotopic (exact) mass is 156 g/mol. The van der Waals surface area contributed by atoms with Crippen LogP contribution < -0.4 is 5.56 Å². The Morgan fingerprint density at radius 1 is 1.60 bits per heavy atom. The second-order valence-corrected chi connectivity index (χ2v) is 2.25. The Morgan fingerprint density at radius 3 is 2.70 bits per heavy atom. The molecule has 0 spiro atoms. The maximum absolute atomic E-state index is 10.8. The van der Waals surface area contributed by atoms with E-state index in [1.807, 2.05) is 0 Å². The fourth-order valence-electron chi connectivity index (χ4n) is 0.539. The van der Waals surface area contributed by atoms with E-state index in [0.717, 1.165) is 0 Å². The van der Waals surface area contributed by atoms with Gasteiger partial charge >= 0.3 is 0 Å². The molecule has 0 aliphatic carbocycles. The van der Waals surface area contributed by atoms with Gasteiger partial charge in [-0.1, -0.05) is 0 Å². The molecule has 10 heavy (non-hydrogen) atoms. The highest BCUT2D eigenvalue weighted by molar-refractivity contribution is 7.71. The van der Waals surface area contributed by atoms with Gasteiger partial charge in [0.25, 0.3) is 5.56 Å². The molecule has 0 aliphatic heterocycles. The summed E-state index contributed by atoms with van der Waals surface area (Å²) in [5.41, 5.74) is -0.303. The van der Waals surface area contributed by atoms with Crippen LogP contribution in [0.4, 0.5) is 0 Å². The van der Waals surface area contributed by atoms with Gasteiger partial charge in [-0.05, 0) is 12.2 Å². The standard InChI is InChI=1S/C5H6N3OS/c1-7-4(9)3-6-8(2)5(7)10/h1-2H3. The van der Waals surface area contributed by atoms with E-state index in [-0.39, 0.29) is 5.56 Å². The first-order valence-corrected chi connectivity index (χ1v) is 3.06. The zero-order valence-electron chi connectivity index (χ0n) is 5.66. The van der Waals surface area contributed by atoms with Gasteiger partial charge in [0.05, 0.1) is 0 Å². The molecule has 0 unspecified atom stereocenters. The molecule has 4 nitrogen and oxygen atoms in total. The molecule has 0 aromatic carbocycles. The quantitative estimate of drug-likeness (QED) is 0.482. The minimum absolute atomic E-state index is 0.303. The van der Waals surface area contributed by atoms with Gasteiger partial charge in [-0.2, -0.15) is 5.10 Å². The lowest BCUT2D eigenvalue weighted by Crippen LogP contribution is -2.22. The number of hydrogen-bond donors (Lipinski definition) is 0. The van der Waals surface area contributed by atoms with Crippen LogP contribution in [0, 0.1) is 11.0 Å². The molecule has 0 bridgehead atoms. The summed E-state index contributed by atoms with van der Waals surface area (Å²) in [5, 5.41) is 3.59. The van der Waals surface area contributed by atoms with Crippen LogP contribution in [0.15, 0.2) is 4.79 Å². The normalized spacial score (nSPS) is 9.80. The van der Waals surface area contributed by atoms with Crippen molar-refractivity contribution in [3.05, 3.63) is 21.3 Å². The Balaban J connectivity index is 3.66. The second-order valence-electron chi connectivity index (χ2n) is 1.88. The fraction of sp³-hybridized carbons (Fsp3) is 0.400. The Kier molecular flexibility index (Phi) is 1.67. The lowest BCUT2D eigenvalue weighted by molar-refractivity contribution is 0.622. The predicted octanol–water partition coefficient (Wildman–Crippen LogP) is -0.352. The van der Waals surface area contributed by atoms with E-state index in [0.29, 0.717) is 4.77 Å². The van der Waals surface area contributed by atoms with E-state index in [2.05, 4.69) is 11.3 Å². The lowest BCUT2D eigenvalue weighted by Gasteiger charge is -1.98. The summed E-state index contributed by atoms with van der Waals surface area (Å²) in [7, 11) is 3.25. The third kappa shape index (κ3) is 0.995. The van der Waals surface area contributed by atoms with Gasteiger partial charge in [0.2, 0.25) is 0 Å². The van der Waals surface area contributed by atoms with Crippen molar-refractivity contribution in [2.75, 3.05) is 0 Å². The summed E-state index contributed by atoms with van der Waals surface area (Å²) in [4.78, 5) is 10.8. The van der Waals surface area contributed by atoms with Gasteiger partial charge in [0.15, 0.2) is 11.0 Å². The highest BCUT2D eigenvalue weighted by Gasteiger charge is 1.92. The zero-order chi connectivity index (χ0) is 7.72. The Labute approximate surface area is 62.7 Å². The number of nitrogens with zero attached hydrogens (tertiary/aromatic N) is 3. The van der Waals surface area contributed by atoms with Crippen LogP contribution in [0.25, 0.3) is 0 Å². The molecule has 0 N–H and O–H groups in total. The molecule has 0 aliphatic rings. The smallest absolute Gasteiger partial charge is 0.282 e. The molecular weight excluding hydrogens is 150 g/mol. The molecule has 0 saturated heterocycles. The SMILES string of the molecule is Cn1n[c]c(=O)n(C)c1=S. The largest absolute Gasteiger partial charge is 0.285 e. The van der Waals surface area contributed by atoms with Gasteiger partial charge < -0.3 is 0 Å². The van der Waals surface area contributed by atoms with Crippen LogP contribution >= 0.6 is 12.2 Å². The number of rotatable bonds is 0. The van der Waals surface area contributed by atoms with Crippen LogP contribution in [0.5, 0.6) is 0 Å². The van der Waals surface area contributed by atoms with E-state index >= 15 is 0 Å². The molecule has 53 valence electrons. The third-order valence-corrected chi connectivity index (χ3v) is 1.70. The summed E-state index contributed by atoms with van der Waals surface area (Å²) >= 11 is 4.83.